The van der Waals surface area contributed by atoms with Gasteiger partial charge in [-0.1, -0.05) is 20.8 Å². The first-order valence-corrected chi connectivity index (χ1v) is 12.3. The summed E-state index contributed by atoms with van der Waals surface area (Å²) in [5.74, 6) is -1.07. The largest absolute Gasteiger partial charge is 0.464 e. The summed E-state index contributed by atoms with van der Waals surface area (Å²) < 4.78 is 34.4. The average molecular weight is 462 g/mol. The highest BCUT2D eigenvalue weighted by molar-refractivity contribution is 7.91. The van der Waals surface area contributed by atoms with E-state index in [2.05, 4.69) is 26.1 Å². The topological polar surface area (TPSA) is 127 Å². The predicted octanol–water partition coefficient (Wildman–Crippen LogP) is 2.35. The summed E-state index contributed by atoms with van der Waals surface area (Å²) >= 11 is 0. The van der Waals surface area contributed by atoms with Crippen LogP contribution in [0.1, 0.15) is 43.9 Å². The Kier molecular flexibility index (Phi) is 5.45. The predicted molar refractivity (Wildman–Crippen MR) is 121 cm³/mol. The molecule has 0 radical (unpaired) electrons. The van der Waals surface area contributed by atoms with Gasteiger partial charge in [-0.05, 0) is 30.4 Å². The van der Waals surface area contributed by atoms with Crippen LogP contribution < -0.4 is 10.9 Å². The van der Waals surface area contributed by atoms with Crippen molar-refractivity contribution in [3.8, 4) is 0 Å². The van der Waals surface area contributed by atoms with Crippen molar-refractivity contribution in [1.82, 2.24) is 5.32 Å². The molecule has 8 nitrogen and oxygen atoms in total. The van der Waals surface area contributed by atoms with E-state index in [-0.39, 0.29) is 29.8 Å². The zero-order chi connectivity index (χ0) is 23.4. The summed E-state index contributed by atoms with van der Waals surface area (Å²) in [5.41, 5.74) is 2.59. The molecule has 0 saturated carbocycles. The molecule has 0 unspecified atom stereocenters. The van der Waals surface area contributed by atoms with Gasteiger partial charge in [-0.25, -0.2) is 13.2 Å². The SMILES string of the molecule is Cc1c(CCC(=O)N[C@@H]2CS(=O)(=O)C[C@@H]2O)c(=O)oc2cc3occ(C(C)(C)C)c3cc12. The van der Waals surface area contributed by atoms with Crippen molar-refractivity contribution in [1.29, 1.82) is 0 Å². The van der Waals surface area contributed by atoms with Gasteiger partial charge in [-0.2, -0.15) is 0 Å². The molecular weight excluding hydrogens is 434 g/mol. The first-order chi connectivity index (χ1) is 14.9. The van der Waals surface area contributed by atoms with Gasteiger partial charge >= 0.3 is 5.63 Å². The van der Waals surface area contributed by atoms with Crippen LogP contribution in [0.2, 0.25) is 0 Å². The summed E-state index contributed by atoms with van der Waals surface area (Å²) in [6, 6.07) is 2.84. The maximum Gasteiger partial charge on any atom is 0.339 e. The second-order valence-corrected chi connectivity index (χ2v) is 11.7. The first kappa shape index (κ1) is 22.5. The number of carbonyl (C=O) groups is 1. The summed E-state index contributed by atoms with van der Waals surface area (Å²) in [5, 5.41) is 14.1. The molecule has 1 aromatic carbocycles. The molecule has 0 aliphatic carbocycles. The Hall–Kier alpha value is -2.65. The Morgan fingerprint density at radius 3 is 2.53 bits per heavy atom. The zero-order valence-electron chi connectivity index (χ0n) is 18.5. The monoisotopic (exact) mass is 461 g/mol. The fraction of sp³-hybridized carbons (Fsp3) is 0.478. The first-order valence-electron chi connectivity index (χ1n) is 10.5. The minimum absolute atomic E-state index is 0.0262. The Morgan fingerprint density at radius 1 is 1.19 bits per heavy atom. The number of furan rings is 1. The molecule has 9 heteroatoms. The van der Waals surface area contributed by atoms with Crippen LogP contribution in [0, 0.1) is 6.92 Å². The van der Waals surface area contributed by atoms with Crippen LogP contribution in [-0.4, -0.2) is 43.1 Å². The minimum Gasteiger partial charge on any atom is -0.464 e. The van der Waals surface area contributed by atoms with Gasteiger partial charge in [0, 0.05) is 34.4 Å². The van der Waals surface area contributed by atoms with Gasteiger partial charge in [0.15, 0.2) is 9.84 Å². The number of nitrogens with one attached hydrogen (secondary N) is 1. The lowest BCUT2D eigenvalue weighted by Gasteiger charge is -2.17. The molecule has 3 aromatic rings. The number of amides is 1. The molecule has 2 aromatic heterocycles. The van der Waals surface area contributed by atoms with Gasteiger partial charge in [0.2, 0.25) is 5.91 Å². The molecule has 0 spiro atoms. The molecule has 4 rings (SSSR count). The van der Waals surface area contributed by atoms with Crippen molar-refractivity contribution in [3.05, 3.63) is 45.5 Å². The third kappa shape index (κ3) is 4.19. The number of hydrogen-bond acceptors (Lipinski definition) is 7. The van der Waals surface area contributed by atoms with Crippen LogP contribution in [-0.2, 0) is 26.5 Å². The molecule has 0 bridgehead atoms. The Morgan fingerprint density at radius 2 is 1.91 bits per heavy atom. The highest BCUT2D eigenvalue weighted by atomic mass is 32.2. The quantitative estimate of drug-likeness (QED) is 0.571. The lowest BCUT2D eigenvalue weighted by molar-refractivity contribution is -0.122. The number of rotatable bonds is 4. The van der Waals surface area contributed by atoms with Crippen LogP contribution in [0.15, 0.2) is 32.0 Å². The highest BCUT2D eigenvalue weighted by Crippen LogP contribution is 2.35. The minimum atomic E-state index is -3.36. The Balaban J connectivity index is 1.60. The van der Waals surface area contributed by atoms with Gasteiger partial charge in [0.1, 0.15) is 11.2 Å². The van der Waals surface area contributed by atoms with Crippen LogP contribution in [0.5, 0.6) is 0 Å². The van der Waals surface area contributed by atoms with Crippen molar-refractivity contribution >= 4 is 37.7 Å². The van der Waals surface area contributed by atoms with Gasteiger partial charge < -0.3 is 19.3 Å². The molecule has 2 N–H and O–H groups in total. The van der Waals surface area contributed by atoms with Crippen LogP contribution in [0.3, 0.4) is 0 Å². The van der Waals surface area contributed by atoms with Gasteiger partial charge in [0.05, 0.1) is 29.9 Å². The maximum absolute atomic E-state index is 12.6. The summed E-state index contributed by atoms with van der Waals surface area (Å²) in [7, 11) is -3.36. The van der Waals surface area contributed by atoms with Crippen molar-refractivity contribution in [3.63, 3.8) is 0 Å². The van der Waals surface area contributed by atoms with Crippen LogP contribution >= 0.6 is 0 Å². The summed E-state index contributed by atoms with van der Waals surface area (Å²) in [6.07, 6.45) is 0.716. The van der Waals surface area contributed by atoms with E-state index in [1.165, 1.54) is 0 Å². The lowest BCUT2D eigenvalue weighted by Crippen LogP contribution is -2.42. The van der Waals surface area contributed by atoms with E-state index in [0.29, 0.717) is 16.7 Å². The Bertz CT molecular complexity index is 1380. The molecule has 1 amide bonds. The molecule has 1 aliphatic rings. The maximum atomic E-state index is 12.6. The number of hydrogen-bond donors (Lipinski definition) is 2. The molecule has 3 heterocycles. The van der Waals surface area contributed by atoms with Crippen molar-refractivity contribution in [2.45, 2.75) is 58.1 Å². The second kappa shape index (κ2) is 7.74. The van der Waals surface area contributed by atoms with E-state index >= 15 is 0 Å². The number of aryl methyl sites for hydroxylation is 1. The molecule has 1 saturated heterocycles. The fourth-order valence-corrected chi connectivity index (χ4v) is 6.01. The van der Waals surface area contributed by atoms with Gasteiger partial charge in [0.25, 0.3) is 0 Å². The van der Waals surface area contributed by atoms with Gasteiger partial charge in [-0.3, -0.25) is 4.79 Å². The number of carbonyl (C=O) groups excluding carboxylic acids is 1. The number of fused-ring (bicyclic) bond motifs is 2. The van der Waals surface area contributed by atoms with E-state index in [0.717, 1.165) is 21.9 Å². The lowest BCUT2D eigenvalue weighted by atomic mass is 9.86. The molecule has 172 valence electrons. The molecule has 2 atom stereocenters. The number of aliphatic hydroxyl groups excluding tert-OH is 1. The van der Waals surface area contributed by atoms with E-state index < -0.39 is 33.5 Å². The third-order valence-corrected chi connectivity index (χ3v) is 7.78. The molecule has 32 heavy (non-hydrogen) atoms. The molecule has 1 aliphatic heterocycles. The average Bonchev–Trinajstić information content (AvgIpc) is 3.19. The van der Waals surface area contributed by atoms with E-state index in [1.807, 2.05) is 13.0 Å². The molecule has 1 fully saturated rings. The highest BCUT2D eigenvalue weighted by Gasteiger charge is 2.37. The fourth-order valence-electron chi connectivity index (χ4n) is 4.26. The smallest absolute Gasteiger partial charge is 0.339 e. The zero-order valence-corrected chi connectivity index (χ0v) is 19.3. The van der Waals surface area contributed by atoms with Crippen LogP contribution in [0.4, 0.5) is 0 Å². The van der Waals surface area contributed by atoms with Crippen molar-refractivity contribution in [2.24, 2.45) is 0 Å². The normalized spacial score (nSPS) is 20.8. The van der Waals surface area contributed by atoms with Crippen LogP contribution in [0.25, 0.3) is 21.9 Å². The van der Waals surface area contributed by atoms with E-state index in [4.69, 9.17) is 8.83 Å². The van der Waals surface area contributed by atoms with Crippen molar-refractivity contribution in [2.75, 3.05) is 11.5 Å². The number of sulfone groups is 1. The molecular formula is C23H27NO7S. The van der Waals surface area contributed by atoms with Crippen molar-refractivity contribution < 1.29 is 27.2 Å². The third-order valence-electron chi connectivity index (χ3n) is 6.06. The number of benzene rings is 1. The summed E-state index contributed by atoms with van der Waals surface area (Å²) in [4.78, 5) is 24.9. The van der Waals surface area contributed by atoms with Gasteiger partial charge in [-0.15, -0.1) is 0 Å². The van der Waals surface area contributed by atoms with E-state index in [1.54, 1.807) is 12.3 Å². The standard InChI is InChI=1S/C23H27NO7S/c1-12-13(5-6-21(26)24-17-10-32(28,29)11-18(17)25)22(27)31-20-8-19-15(7-14(12)20)16(9-30-19)23(2,3)4/h7-9,17-18,25H,5-6,10-11H2,1-4H3,(H,24,26)/t17-,18+/m1/s1. The second-order valence-electron chi connectivity index (χ2n) is 9.56. The van der Waals surface area contributed by atoms with E-state index in [9.17, 15) is 23.1 Å². The summed E-state index contributed by atoms with van der Waals surface area (Å²) in [6.45, 7) is 8.10. The Labute approximate surface area is 185 Å². The number of aliphatic hydroxyl groups is 1.